The smallest absolute Gasteiger partial charge is 0.233 e. The highest BCUT2D eigenvalue weighted by molar-refractivity contribution is 6.03. The summed E-state index contributed by atoms with van der Waals surface area (Å²) in [6.07, 6.45) is 2.44. The quantitative estimate of drug-likeness (QED) is 0.801. The highest BCUT2D eigenvalue weighted by atomic mass is 16.3. The predicted octanol–water partition coefficient (Wildman–Crippen LogP) is 2.40. The standard InChI is InChI=1S/C16H15NO3/c18-15-10-13(9-12-5-2-1-3-6-12)16(19)17(15)11-14-7-4-8-20-14/h1-8,13H,9-11H2/t13-/m0/s1. The number of imide groups is 1. The molecular formula is C16H15NO3. The van der Waals surface area contributed by atoms with Crippen LogP contribution in [0, 0.1) is 5.92 Å². The molecule has 0 saturated carbocycles. The first-order chi connectivity index (χ1) is 9.74. The van der Waals surface area contributed by atoms with Crippen molar-refractivity contribution in [2.75, 3.05) is 0 Å². The van der Waals surface area contributed by atoms with Gasteiger partial charge in [-0.25, -0.2) is 0 Å². The molecule has 0 unspecified atom stereocenters. The molecule has 0 N–H and O–H groups in total. The molecule has 2 aromatic rings. The molecule has 1 fully saturated rings. The third-order valence-electron chi connectivity index (χ3n) is 3.56. The SMILES string of the molecule is O=C1C[C@H](Cc2ccccc2)C(=O)N1Cc1ccco1. The van der Waals surface area contributed by atoms with Crippen molar-refractivity contribution >= 4 is 11.8 Å². The topological polar surface area (TPSA) is 50.5 Å². The monoisotopic (exact) mass is 269 g/mol. The summed E-state index contributed by atoms with van der Waals surface area (Å²) in [5.41, 5.74) is 1.08. The van der Waals surface area contributed by atoms with Crippen LogP contribution in [0.2, 0.25) is 0 Å². The van der Waals surface area contributed by atoms with Gasteiger partial charge in [-0.15, -0.1) is 0 Å². The fraction of sp³-hybridized carbons (Fsp3) is 0.250. The van der Waals surface area contributed by atoms with Crippen LogP contribution < -0.4 is 0 Å². The van der Waals surface area contributed by atoms with Crippen LogP contribution in [0.3, 0.4) is 0 Å². The van der Waals surface area contributed by atoms with Crippen LogP contribution in [-0.2, 0) is 22.6 Å². The molecule has 2 amide bonds. The van der Waals surface area contributed by atoms with E-state index in [1.54, 1.807) is 18.4 Å². The number of hydrogen-bond acceptors (Lipinski definition) is 3. The number of likely N-dealkylation sites (tertiary alicyclic amines) is 1. The molecule has 1 aromatic carbocycles. The third kappa shape index (κ3) is 2.50. The lowest BCUT2D eigenvalue weighted by Crippen LogP contribution is -2.30. The van der Waals surface area contributed by atoms with Gasteiger partial charge in [-0.3, -0.25) is 14.5 Å². The zero-order valence-electron chi connectivity index (χ0n) is 11.0. The average Bonchev–Trinajstić information content (AvgIpc) is 3.05. The molecule has 1 saturated heterocycles. The van der Waals surface area contributed by atoms with E-state index in [4.69, 9.17) is 4.42 Å². The van der Waals surface area contributed by atoms with Crippen molar-refractivity contribution in [3.05, 3.63) is 60.1 Å². The van der Waals surface area contributed by atoms with Gasteiger partial charge >= 0.3 is 0 Å². The van der Waals surface area contributed by atoms with Gasteiger partial charge < -0.3 is 4.42 Å². The minimum absolute atomic E-state index is 0.102. The number of amides is 2. The molecule has 3 rings (SSSR count). The Balaban J connectivity index is 1.70. The Bertz CT molecular complexity index is 604. The Morgan fingerprint density at radius 2 is 1.90 bits per heavy atom. The largest absolute Gasteiger partial charge is 0.467 e. The molecule has 1 aromatic heterocycles. The van der Waals surface area contributed by atoms with Gasteiger partial charge in [0.15, 0.2) is 0 Å². The summed E-state index contributed by atoms with van der Waals surface area (Å²) in [4.78, 5) is 25.6. The molecule has 0 aliphatic carbocycles. The molecule has 0 radical (unpaired) electrons. The van der Waals surface area contributed by atoms with Gasteiger partial charge in [0.1, 0.15) is 5.76 Å². The summed E-state index contributed by atoms with van der Waals surface area (Å²) in [5.74, 6) is 0.162. The van der Waals surface area contributed by atoms with Crippen LogP contribution >= 0.6 is 0 Å². The first kappa shape index (κ1) is 12.7. The first-order valence-electron chi connectivity index (χ1n) is 6.64. The third-order valence-corrected chi connectivity index (χ3v) is 3.56. The molecule has 102 valence electrons. The number of nitrogens with zero attached hydrogens (tertiary/aromatic N) is 1. The fourth-order valence-electron chi connectivity index (χ4n) is 2.53. The van der Waals surface area contributed by atoms with Gasteiger partial charge in [0, 0.05) is 6.42 Å². The maximum atomic E-state index is 12.3. The summed E-state index contributed by atoms with van der Waals surface area (Å²) in [6.45, 7) is 0.232. The second kappa shape index (κ2) is 5.33. The summed E-state index contributed by atoms with van der Waals surface area (Å²) in [6, 6.07) is 13.3. The van der Waals surface area contributed by atoms with Crippen LogP contribution in [0.5, 0.6) is 0 Å². The van der Waals surface area contributed by atoms with E-state index < -0.39 is 0 Å². The number of rotatable bonds is 4. The Hall–Kier alpha value is -2.36. The van der Waals surface area contributed by atoms with E-state index >= 15 is 0 Å². The fourth-order valence-corrected chi connectivity index (χ4v) is 2.53. The van der Waals surface area contributed by atoms with Crippen LogP contribution in [0.25, 0.3) is 0 Å². The molecule has 2 heterocycles. The van der Waals surface area contributed by atoms with Crippen LogP contribution in [0.4, 0.5) is 0 Å². The van der Waals surface area contributed by atoms with Crippen molar-refractivity contribution in [2.24, 2.45) is 5.92 Å². The van der Waals surface area contributed by atoms with Gasteiger partial charge in [-0.05, 0) is 24.1 Å². The Morgan fingerprint density at radius 3 is 2.60 bits per heavy atom. The number of hydrogen-bond donors (Lipinski definition) is 0. The van der Waals surface area contributed by atoms with Crippen LogP contribution in [0.1, 0.15) is 17.7 Å². The van der Waals surface area contributed by atoms with Crippen molar-refractivity contribution in [3.8, 4) is 0 Å². The zero-order chi connectivity index (χ0) is 13.9. The van der Waals surface area contributed by atoms with E-state index in [2.05, 4.69) is 0 Å². The second-order valence-corrected chi connectivity index (χ2v) is 4.99. The highest BCUT2D eigenvalue weighted by Gasteiger charge is 2.38. The number of benzene rings is 1. The van der Waals surface area contributed by atoms with E-state index in [1.807, 2.05) is 30.3 Å². The Morgan fingerprint density at radius 1 is 1.10 bits per heavy atom. The van der Waals surface area contributed by atoms with E-state index in [1.165, 1.54) is 4.90 Å². The number of furan rings is 1. The molecule has 1 atom stereocenters. The Labute approximate surface area is 117 Å². The summed E-state index contributed by atoms with van der Waals surface area (Å²) in [7, 11) is 0. The normalized spacial score (nSPS) is 18.8. The predicted molar refractivity (Wildman–Crippen MR) is 72.5 cm³/mol. The molecule has 1 aliphatic rings. The first-order valence-corrected chi connectivity index (χ1v) is 6.64. The Kier molecular flexibility index (Phi) is 3.37. The molecule has 0 spiro atoms. The lowest BCUT2D eigenvalue weighted by Gasteiger charge is -2.13. The lowest BCUT2D eigenvalue weighted by molar-refractivity contribution is -0.140. The number of carbonyl (C=O) groups excluding carboxylic acids is 2. The van der Waals surface area contributed by atoms with Crippen LogP contribution in [-0.4, -0.2) is 16.7 Å². The highest BCUT2D eigenvalue weighted by Crippen LogP contribution is 2.25. The molecule has 20 heavy (non-hydrogen) atoms. The molecule has 1 aliphatic heterocycles. The summed E-state index contributed by atoms with van der Waals surface area (Å²) >= 11 is 0. The summed E-state index contributed by atoms with van der Waals surface area (Å²) < 4.78 is 5.20. The maximum absolute atomic E-state index is 12.3. The second-order valence-electron chi connectivity index (χ2n) is 4.99. The van der Waals surface area contributed by atoms with E-state index in [0.29, 0.717) is 12.2 Å². The maximum Gasteiger partial charge on any atom is 0.233 e. The van der Waals surface area contributed by atoms with Crippen molar-refractivity contribution in [1.29, 1.82) is 0 Å². The van der Waals surface area contributed by atoms with Gasteiger partial charge in [0.05, 0.1) is 18.7 Å². The molecule has 0 bridgehead atoms. The molecular weight excluding hydrogens is 254 g/mol. The van der Waals surface area contributed by atoms with Gasteiger partial charge in [0.2, 0.25) is 11.8 Å². The lowest BCUT2D eigenvalue weighted by atomic mass is 9.98. The van der Waals surface area contributed by atoms with Gasteiger partial charge in [0.25, 0.3) is 0 Å². The van der Waals surface area contributed by atoms with Crippen molar-refractivity contribution in [3.63, 3.8) is 0 Å². The summed E-state index contributed by atoms with van der Waals surface area (Å²) in [5, 5.41) is 0. The average molecular weight is 269 g/mol. The number of carbonyl (C=O) groups is 2. The zero-order valence-corrected chi connectivity index (χ0v) is 11.0. The molecule has 4 nitrogen and oxygen atoms in total. The van der Waals surface area contributed by atoms with E-state index in [9.17, 15) is 9.59 Å². The van der Waals surface area contributed by atoms with Gasteiger partial charge in [-0.1, -0.05) is 30.3 Å². The van der Waals surface area contributed by atoms with Crippen LogP contribution in [0.15, 0.2) is 53.1 Å². The van der Waals surface area contributed by atoms with Crippen molar-refractivity contribution in [1.82, 2.24) is 4.90 Å². The van der Waals surface area contributed by atoms with Crippen molar-refractivity contribution < 1.29 is 14.0 Å². The van der Waals surface area contributed by atoms with E-state index in [-0.39, 0.29) is 30.7 Å². The minimum atomic E-state index is -0.250. The van der Waals surface area contributed by atoms with E-state index in [0.717, 1.165) is 5.56 Å². The van der Waals surface area contributed by atoms with Gasteiger partial charge in [-0.2, -0.15) is 0 Å². The minimum Gasteiger partial charge on any atom is -0.467 e. The van der Waals surface area contributed by atoms with Crippen molar-refractivity contribution in [2.45, 2.75) is 19.4 Å². The molecule has 4 heteroatoms.